The van der Waals surface area contributed by atoms with Crippen LogP contribution in [0.3, 0.4) is 0 Å². The molecule has 0 spiro atoms. The zero-order valence-electron chi connectivity index (χ0n) is 11.6. The largest absolute Gasteiger partial charge is 0.348 e. The highest BCUT2D eigenvalue weighted by Crippen LogP contribution is 2.31. The second-order valence-corrected chi connectivity index (χ2v) is 4.96. The van der Waals surface area contributed by atoms with Gasteiger partial charge in [0.25, 0.3) is 0 Å². The van der Waals surface area contributed by atoms with Crippen LogP contribution in [0.2, 0.25) is 0 Å². The Morgan fingerprint density at radius 1 is 1.42 bits per heavy atom. The Morgan fingerprint density at radius 2 is 2.16 bits per heavy atom. The van der Waals surface area contributed by atoms with E-state index in [2.05, 4.69) is 10.2 Å². The van der Waals surface area contributed by atoms with Crippen LogP contribution in [0.25, 0.3) is 0 Å². The van der Waals surface area contributed by atoms with Gasteiger partial charge in [-0.1, -0.05) is 19.9 Å². The van der Waals surface area contributed by atoms with Gasteiger partial charge in [-0.3, -0.25) is 9.69 Å². The predicted molar refractivity (Wildman–Crippen MR) is 73.4 cm³/mol. The second kappa shape index (κ2) is 6.15. The summed E-state index contributed by atoms with van der Waals surface area (Å²) in [6, 6.07) is 4.82. The summed E-state index contributed by atoms with van der Waals surface area (Å²) in [5.41, 5.74) is 2.09. The molecule has 1 aromatic carbocycles. The molecule has 0 unspecified atom stereocenters. The molecule has 0 heterocycles. The summed E-state index contributed by atoms with van der Waals surface area (Å²) in [7, 11) is 0. The lowest BCUT2D eigenvalue weighted by atomic mass is 10.1. The first kappa shape index (κ1) is 14.0. The van der Waals surface area contributed by atoms with Crippen LogP contribution in [0.5, 0.6) is 0 Å². The molecule has 0 aromatic heterocycles. The molecular formula is C15H21FN2O. The van der Waals surface area contributed by atoms with Gasteiger partial charge in [0.1, 0.15) is 5.82 Å². The molecule has 0 aliphatic heterocycles. The number of hydrogen-bond donors (Lipinski definition) is 1. The van der Waals surface area contributed by atoms with Crippen molar-refractivity contribution in [2.45, 2.75) is 32.7 Å². The molecule has 0 saturated carbocycles. The topological polar surface area (TPSA) is 32.3 Å². The average Bonchev–Trinajstić information content (AvgIpc) is 2.78. The van der Waals surface area contributed by atoms with Crippen molar-refractivity contribution in [3.63, 3.8) is 0 Å². The third kappa shape index (κ3) is 3.32. The quantitative estimate of drug-likeness (QED) is 0.885. The van der Waals surface area contributed by atoms with Gasteiger partial charge in [-0.2, -0.15) is 0 Å². The zero-order chi connectivity index (χ0) is 13.8. The smallest absolute Gasteiger partial charge is 0.234 e. The van der Waals surface area contributed by atoms with Crippen molar-refractivity contribution in [3.05, 3.63) is 35.1 Å². The van der Waals surface area contributed by atoms with Crippen molar-refractivity contribution in [3.8, 4) is 0 Å². The number of rotatable bonds is 5. The third-order valence-corrected chi connectivity index (χ3v) is 3.78. The van der Waals surface area contributed by atoms with Crippen molar-refractivity contribution in [2.75, 3.05) is 19.6 Å². The molecule has 0 saturated heterocycles. The highest BCUT2D eigenvalue weighted by Gasteiger charge is 2.24. The van der Waals surface area contributed by atoms with Crippen molar-refractivity contribution >= 4 is 5.91 Å². The highest BCUT2D eigenvalue weighted by atomic mass is 19.1. The van der Waals surface area contributed by atoms with E-state index in [1.165, 1.54) is 6.07 Å². The number of carbonyl (C=O) groups excluding carboxylic acids is 1. The molecule has 1 aliphatic rings. The van der Waals surface area contributed by atoms with Gasteiger partial charge in [-0.15, -0.1) is 0 Å². The number of nitrogens with one attached hydrogen (secondary N) is 1. The minimum atomic E-state index is -0.233. The fourth-order valence-electron chi connectivity index (χ4n) is 2.61. The minimum absolute atomic E-state index is 0.0193. The Hall–Kier alpha value is -1.42. The van der Waals surface area contributed by atoms with Gasteiger partial charge >= 0.3 is 0 Å². The number of halogens is 1. The first-order valence-corrected chi connectivity index (χ1v) is 6.94. The SMILES string of the molecule is CCN(CC)CC(=O)N[C@@H]1CCc2ccc(F)cc21. The van der Waals surface area contributed by atoms with Gasteiger partial charge in [0.15, 0.2) is 0 Å². The fraction of sp³-hybridized carbons (Fsp3) is 0.533. The number of aryl methyl sites for hydroxylation is 1. The van der Waals surface area contributed by atoms with Crippen LogP contribution in [0.1, 0.15) is 37.4 Å². The molecule has 1 amide bonds. The number of benzene rings is 1. The number of amides is 1. The Labute approximate surface area is 113 Å². The lowest BCUT2D eigenvalue weighted by Crippen LogP contribution is -2.38. The zero-order valence-corrected chi connectivity index (χ0v) is 11.6. The van der Waals surface area contributed by atoms with Gasteiger partial charge in [0.2, 0.25) is 5.91 Å². The highest BCUT2D eigenvalue weighted by molar-refractivity contribution is 5.78. The Balaban J connectivity index is 1.99. The van der Waals surface area contributed by atoms with E-state index < -0.39 is 0 Å². The summed E-state index contributed by atoms with van der Waals surface area (Å²) in [4.78, 5) is 14.0. The van der Waals surface area contributed by atoms with Crippen LogP contribution < -0.4 is 5.32 Å². The molecule has 2 rings (SSSR count). The van der Waals surface area contributed by atoms with Gasteiger partial charge in [0.05, 0.1) is 12.6 Å². The monoisotopic (exact) mass is 264 g/mol. The first-order chi connectivity index (χ1) is 9.13. The maximum atomic E-state index is 13.3. The van der Waals surface area contributed by atoms with E-state index in [4.69, 9.17) is 0 Å². The Morgan fingerprint density at radius 3 is 2.84 bits per heavy atom. The Kier molecular flexibility index (Phi) is 4.53. The molecule has 19 heavy (non-hydrogen) atoms. The number of likely N-dealkylation sites (N-methyl/N-ethyl adjacent to an activating group) is 1. The molecule has 0 radical (unpaired) electrons. The third-order valence-electron chi connectivity index (χ3n) is 3.78. The standard InChI is InChI=1S/C15H21FN2O/c1-3-18(4-2)10-15(19)17-14-8-6-11-5-7-12(16)9-13(11)14/h5,7,9,14H,3-4,6,8,10H2,1-2H3,(H,17,19)/t14-/m1/s1. The molecule has 104 valence electrons. The van der Waals surface area contributed by atoms with Gasteiger partial charge in [-0.25, -0.2) is 4.39 Å². The Bertz CT molecular complexity index is 457. The van der Waals surface area contributed by atoms with E-state index >= 15 is 0 Å². The van der Waals surface area contributed by atoms with Crippen molar-refractivity contribution < 1.29 is 9.18 Å². The number of hydrogen-bond acceptors (Lipinski definition) is 2. The van der Waals surface area contributed by atoms with Gasteiger partial charge in [-0.05, 0) is 49.2 Å². The van der Waals surface area contributed by atoms with Crippen molar-refractivity contribution in [2.24, 2.45) is 0 Å². The summed E-state index contributed by atoms with van der Waals surface area (Å²) in [6.45, 7) is 6.21. The molecular weight excluding hydrogens is 243 g/mol. The van der Waals surface area contributed by atoms with E-state index in [0.29, 0.717) is 6.54 Å². The van der Waals surface area contributed by atoms with Crippen LogP contribution in [0, 0.1) is 5.82 Å². The molecule has 0 bridgehead atoms. The average molecular weight is 264 g/mol. The minimum Gasteiger partial charge on any atom is -0.348 e. The van der Waals surface area contributed by atoms with Crippen molar-refractivity contribution in [1.29, 1.82) is 0 Å². The summed E-state index contributed by atoms with van der Waals surface area (Å²) in [6.07, 6.45) is 1.77. The summed E-state index contributed by atoms with van der Waals surface area (Å²) in [5.74, 6) is -0.213. The molecule has 4 heteroatoms. The molecule has 1 aliphatic carbocycles. The maximum absolute atomic E-state index is 13.3. The van der Waals surface area contributed by atoms with Crippen LogP contribution in [0.15, 0.2) is 18.2 Å². The summed E-state index contributed by atoms with van der Waals surface area (Å²) in [5, 5.41) is 3.01. The molecule has 1 atom stereocenters. The lowest BCUT2D eigenvalue weighted by Gasteiger charge is -2.20. The number of nitrogens with zero attached hydrogens (tertiary/aromatic N) is 1. The summed E-state index contributed by atoms with van der Waals surface area (Å²) >= 11 is 0. The fourth-order valence-corrected chi connectivity index (χ4v) is 2.61. The van der Waals surface area contributed by atoms with Gasteiger partial charge < -0.3 is 5.32 Å². The molecule has 1 aromatic rings. The molecule has 1 N–H and O–H groups in total. The summed E-state index contributed by atoms with van der Waals surface area (Å²) < 4.78 is 13.3. The molecule has 3 nitrogen and oxygen atoms in total. The lowest BCUT2D eigenvalue weighted by molar-refractivity contribution is -0.122. The van der Waals surface area contributed by atoms with E-state index in [1.54, 1.807) is 6.07 Å². The maximum Gasteiger partial charge on any atom is 0.234 e. The van der Waals surface area contributed by atoms with E-state index in [9.17, 15) is 9.18 Å². The normalized spacial score (nSPS) is 17.6. The van der Waals surface area contributed by atoms with E-state index in [0.717, 1.165) is 37.1 Å². The van der Waals surface area contributed by atoms with Crippen LogP contribution in [-0.4, -0.2) is 30.4 Å². The van der Waals surface area contributed by atoms with E-state index in [1.807, 2.05) is 19.9 Å². The molecule has 0 fully saturated rings. The first-order valence-electron chi connectivity index (χ1n) is 6.94. The van der Waals surface area contributed by atoms with Crippen LogP contribution in [-0.2, 0) is 11.2 Å². The number of carbonyl (C=O) groups is 1. The number of fused-ring (bicyclic) bond motifs is 1. The predicted octanol–water partition coefficient (Wildman–Crippen LogP) is 2.27. The van der Waals surface area contributed by atoms with Crippen LogP contribution >= 0.6 is 0 Å². The van der Waals surface area contributed by atoms with Crippen LogP contribution in [0.4, 0.5) is 4.39 Å². The van der Waals surface area contributed by atoms with Crippen molar-refractivity contribution in [1.82, 2.24) is 10.2 Å². The van der Waals surface area contributed by atoms with Gasteiger partial charge in [0, 0.05) is 0 Å². The van der Waals surface area contributed by atoms with E-state index in [-0.39, 0.29) is 17.8 Å². The second-order valence-electron chi connectivity index (χ2n) is 4.96.